The summed E-state index contributed by atoms with van der Waals surface area (Å²) in [7, 11) is 2.29. The molecule has 0 saturated carbocycles. The van der Waals surface area contributed by atoms with Gasteiger partial charge in [0.05, 0.1) is 0 Å². The van der Waals surface area contributed by atoms with Gasteiger partial charge in [0.25, 0.3) is 0 Å². The van der Waals surface area contributed by atoms with Crippen LogP contribution >= 0.6 is 0 Å². The lowest BCUT2D eigenvalue weighted by molar-refractivity contribution is 0.0421. The van der Waals surface area contributed by atoms with E-state index < -0.39 is 0 Å². The molecular formula is C16H33N3. The van der Waals surface area contributed by atoms with Crippen LogP contribution in [0.2, 0.25) is 0 Å². The third-order valence-corrected chi connectivity index (χ3v) is 5.23. The van der Waals surface area contributed by atoms with E-state index in [2.05, 4.69) is 36.0 Å². The standard InChI is InChI=1S/C16H33N3/c1-4-7-16(8-6-9-17-13-16)14-19-11-10-18(3)15(5-2)12-19/h15,17H,4-14H2,1-3H3. The normalized spacial score (nSPS) is 34.6. The molecule has 0 aliphatic carbocycles. The number of piperazine rings is 1. The summed E-state index contributed by atoms with van der Waals surface area (Å²) >= 11 is 0. The van der Waals surface area contributed by atoms with Crippen LogP contribution in [0, 0.1) is 5.41 Å². The van der Waals surface area contributed by atoms with Crippen molar-refractivity contribution in [3.05, 3.63) is 0 Å². The summed E-state index contributed by atoms with van der Waals surface area (Å²) in [6.45, 7) is 12.2. The van der Waals surface area contributed by atoms with Crippen LogP contribution in [0.15, 0.2) is 0 Å². The molecule has 0 bridgehead atoms. The molecule has 0 radical (unpaired) electrons. The Morgan fingerprint density at radius 2 is 2.11 bits per heavy atom. The number of nitrogens with one attached hydrogen (secondary N) is 1. The SMILES string of the molecule is CCCC1(CN2CCN(C)C(CC)C2)CCCNC1. The van der Waals surface area contributed by atoms with Gasteiger partial charge in [-0.2, -0.15) is 0 Å². The molecule has 3 heteroatoms. The molecule has 2 saturated heterocycles. The predicted octanol–water partition coefficient (Wildman–Crippen LogP) is 2.18. The van der Waals surface area contributed by atoms with Gasteiger partial charge in [-0.15, -0.1) is 0 Å². The molecule has 2 atom stereocenters. The van der Waals surface area contributed by atoms with E-state index in [0.29, 0.717) is 5.41 Å². The maximum atomic E-state index is 3.65. The van der Waals surface area contributed by atoms with Gasteiger partial charge in [-0.25, -0.2) is 0 Å². The average molecular weight is 267 g/mol. The third-order valence-electron chi connectivity index (χ3n) is 5.23. The van der Waals surface area contributed by atoms with E-state index in [-0.39, 0.29) is 0 Å². The highest BCUT2D eigenvalue weighted by Crippen LogP contribution is 2.33. The van der Waals surface area contributed by atoms with Crippen molar-refractivity contribution in [2.75, 3.05) is 46.3 Å². The van der Waals surface area contributed by atoms with Crippen LogP contribution in [0.1, 0.15) is 46.0 Å². The van der Waals surface area contributed by atoms with Crippen molar-refractivity contribution in [1.82, 2.24) is 15.1 Å². The van der Waals surface area contributed by atoms with E-state index in [1.807, 2.05) is 0 Å². The Morgan fingerprint density at radius 3 is 2.74 bits per heavy atom. The summed E-state index contributed by atoms with van der Waals surface area (Å²) < 4.78 is 0. The second kappa shape index (κ2) is 7.05. The second-order valence-electron chi connectivity index (χ2n) is 6.81. The summed E-state index contributed by atoms with van der Waals surface area (Å²) in [4.78, 5) is 5.29. The first-order valence-corrected chi connectivity index (χ1v) is 8.32. The zero-order chi connectivity index (χ0) is 13.7. The first kappa shape index (κ1) is 15.3. The van der Waals surface area contributed by atoms with Gasteiger partial charge in [0, 0.05) is 38.8 Å². The summed E-state index contributed by atoms with van der Waals surface area (Å²) in [5.74, 6) is 0. The average Bonchev–Trinajstić information content (AvgIpc) is 2.42. The number of likely N-dealkylation sites (N-methyl/N-ethyl adjacent to an activating group) is 1. The smallest absolute Gasteiger partial charge is 0.0218 e. The lowest BCUT2D eigenvalue weighted by atomic mass is 9.76. The molecule has 112 valence electrons. The molecule has 0 aromatic rings. The number of hydrogen-bond acceptors (Lipinski definition) is 3. The summed E-state index contributed by atoms with van der Waals surface area (Å²) in [5, 5.41) is 3.65. The number of rotatable bonds is 5. The van der Waals surface area contributed by atoms with Crippen LogP contribution in [-0.4, -0.2) is 62.2 Å². The summed E-state index contributed by atoms with van der Waals surface area (Å²) in [6.07, 6.45) is 6.80. The van der Waals surface area contributed by atoms with E-state index in [1.165, 1.54) is 71.4 Å². The van der Waals surface area contributed by atoms with Gasteiger partial charge in [0.1, 0.15) is 0 Å². The monoisotopic (exact) mass is 267 g/mol. The first-order valence-electron chi connectivity index (χ1n) is 8.32. The van der Waals surface area contributed by atoms with Gasteiger partial charge < -0.3 is 10.2 Å². The quantitative estimate of drug-likeness (QED) is 0.824. The Hall–Kier alpha value is -0.120. The molecule has 0 spiro atoms. The fourth-order valence-electron chi connectivity index (χ4n) is 4.06. The summed E-state index contributed by atoms with van der Waals surface area (Å²) in [6, 6.07) is 0.768. The van der Waals surface area contributed by atoms with Gasteiger partial charge >= 0.3 is 0 Å². The van der Waals surface area contributed by atoms with Crippen LogP contribution in [0.25, 0.3) is 0 Å². The molecule has 2 aliphatic heterocycles. The van der Waals surface area contributed by atoms with Crippen molar-refractivity contribution in [3.63, 3.8) is 0 Å². The first-order chi connectivity index (χ1) is 9.19. The maximum Gasteiger partial charge on any atom is 0.0218 e. The molecule has 2 heterocycles. The lowest BCUT2D eigenvalue weighted by Crippen LogP contribution is -2.55. The Kier molecular flexibility index (Phi) is 5.67. The largest absolute Gasteiger partial charge is 0.316 e. The Bertz CT molecular complexity index is 255. The third kappa shape index (κ3) is 3.93. The van der Waals surface area contributed by atoms with Gasteiger partial charge in [-0.3, -0.25) is 4.90 Å². The molecule has 0 aromatic carbocycles. The molecule has 2 fully saturated rings. The van der Waals surface area contributed by atoms with E-state index in [4.69, 9.17) is 0 Å². The zero-order valence-electron chi connectivity index (χ0n) is 13.2. The number of hydrogen-bond donors (Lipinski definition) is 1. The van der Waals surface area contributed by atoms with Crippen LogP contribution in [0.4, 0.5) is 0 Å². The maximum absolute atomic E-state index is 3.65. The van der Waals surface area contributed by atoms with Crippen molar-refractivity contribution >= 4 is 0 Å². The second-order valence-corrected chi connectivity index (χ2v) is 6.81. The van der Waals surface area contributed by atoms with Crippen LogP contribution in [0.5, 0.6) is 0 Å². The molecule has 2 rings (SSSR count). The topological polar surface area (TPSA) is 18.5 Å². The minimum Gasteiger partial charge on any atom is -0.316 e. The fourth-order valence-corrected chi connectivity index (χ4v) is 4.06. The highest BCUT2D eigenvalue weighted by molar-refractivity contribution is 4.90. The van der Waals surface area contributed by atoms with Gasteiger partial charge in [-0.05, 0) is 44.7 Å². The van der Waals surface area contributed by atoms with Crippen molar-refractivity contribution in [2.45, 2.75) is 52.0 Å². The van der Waals surface area contributed by atoms with Crippen LogP contribution < -0.4 is 5.32 Å². The van der Waals surface area contributed by atoms with Crippen molar-refractivity contribution in [1.29, 1.82) is 0 Å². The molecule has 2 aliphatic rings. The Labute approximate surface area is 119 Å². The fraction of sp³-hybridized carbons (Fsp3) is 1.00. The lowest BCUT2D eigenvalue weighted by Gasteiger charge is -2.46. The molecule has 1 N–H and O–H groups in total. The highest BCUT2D eigenvalue weighted by Gasteiger charge is 2.35. The molecule has 0 amide bonds. The van der Waals surface area contributed by atoms with Crippen LogP contribution in [-0.2, 0) is 0 Å². The predicted molar refractivity (Wildman–Crippen MR) is 82.6 cm³/mol. The van der Waals surface area contributed by atoms with Gasteiger partial charge in [0.15, 0.2) is 0 Å². The Balaban J connectivity index is 1.93. The Morgan fingerprint density at radius 1 is 1.26 bits per heavy atom. The number of nitrogens with zero attached hydrogens (tertiary/aromatic N) is 2. The molecule has 0 aromatic heterocycles. The summed E-state index contributed by atoms with van der Waals surface area (Å²) in [5.41, 5.74) is 0.557. The highest BCUT2D eigenvalue weighted by atomic mass is 15.3. The molecule has 19 heavy (non-hydrogen) atoms. The van der Waals surface area contributed by atoms with Crippen molar-refractivity contribution in [2.24, 2.45) is 5.41 Å². The van der Waals surface area contributed by atoms with E-state index in [9.17, 15) is 0 Å². The van der Waals surface area contributed by atoms with E-state index in [0.717, 1.165) is 6.04 Å². The zero-order valence-corrected chi connectivity index (χ0v) is 13.2. The molecule has 2 unspecified atom stereocenters. The minimum absolute atomic E-state index is 0.557. The van der Waals surface area contributed by atoms with Crippen LogP contribution in [0.3, 0.4) is 0 Å². The van der Waals surface area contributed by atoms with Crippen molar-refractivity contribution in [3.8, 4) is 0 Å². The molecule has 3 nitrogen and oxygen atoms in total. The van der Waals surface area contributed by atoms with E-state index >= 15 is 0 Å². The number of piperidine rings is 1. The minimum atomic E-state index is 0.557. The van der Waals surface area contributed by atoms with E-state index in [1.54, 1.807) is 0 Å². The van der Waals surface area contributed by atoms with Crippen molar-refractivity contribution < 1.29 is 0 Å². The van der Waals surface area contributed by atoms with Gasteiger partial charge in [0.2, 0.25) is 0 Å². The molecular weight excluding hydrogens is 234 g/mol. The van der Waals surface area contributed by atoms with Gasteiger partial charge in [-0.1, -0.05) is 20.3 Å².